The van der Waals surface area contributed by atoms with Crippen LogP contribution in [0.5, 0.6) is 0 Å². The van der Waals surface area contributed by atoms with Gasteiger partial charge < -0.3 is 9.55 Å². The van der Waals surface area contributed by atoms with E-state index >= 15 is 0 Å². The molecule has 0 aliphatic heterocycles. The molecule has 0 aromatic carbocycles. The molecule has 0 bridgehead atoms. The molecule has 4 heterocycles. The van der Waals surface area contributed by atoms with E-state index in [1.54, 1.807) is 12.4 Å². The molecule has 0 spiro atoms. The highest BCUT2D eigenvalue weighted by molar-refractivity contribution is 5.80. The van der Waals surface area contributed by atoms with Gasteiger partial charge in [0.2, 0.25) is 0 Å². The maximum absolute atomic E-state index is 4.09. The summed E-state index contributed by atoms with van der Waals surface area (Å²) < 4.78 is 2.14. The normalized spacial score (nSPS) is 8.87. The summed E-state index contributed by atoms with van der Waals surface area (Å²) in [7, 11) is 2.05. The van der Waals surface area contributed by atoms with Crippen LogP contribution in [0.4, 0.5) is 0 Å². The first-order valence-electron chi connectivity index (χ1n) is 10.8. The summed E-state index contributed by atoms with van der Waals surface area (Å²) in [5.41, 5.74) is 9.04. The Bertz CT molecular complexity index is 1060. The Kier molecular flexibility index (Phi) is 13.2. The third kappa shape index (κ3) is 7.21. The average molecular weight is 423 g/mol. The molecule has 0 fully saturated rings. The van der Waals surface area contributed by atoms with Crippen LogP contribution in [-0.2, 0) is 7.05 Å². The van der Waals surface area contributed by atoms with Crippen molar-refractivity contribution in [2.45, 2.75) is 69.2 Å². The minimum Gasteiger partial charge on any atom is -0.357 e. The van der Waals surface area contributed by atoms with E-state index in [0.717, 1.165) is 22.1 Å². The summed E-state index contributed by atoms with van der Waals surface area (Å²) in [6.07, 6.45) is 3.42. The van der Waals surface area contributed by atoms with Gasteiger partial charge in [-0.2, -0.15) is 10.2 Å². The van der Waals surface area contributed by atoms with Crippen molar-refractivity contribution in [3.8, 4) is 11.8 Å². The van der Waals surface area contributed by atoms with Gasteiger partial charge in [-0.3, -0.25) is 0 Å². The van der Waals surface area contributed by atoms with Crippen molar-refractivity contribution in [1.29, 1.82) is 0 Å². The SMILES string of the molecule is CC.CC.CC#CC.Cc1[nH]c2ccnnc2c1C.Cc1c(C)n(C)c2ccnnc12. The summed E-state index contributed by atoms with van der Waals surface area (Å²) >= 11 is 0. The molecular weight excluding hydrogens is 384 g/mol. The van der Waals surface area contributed by atoms with Gasteiger partial charge in [-0.15, -0.1) is 22.0 Å². The molecule has 0 saturated heterocycles. The minimum atomic E-state index is 0.977. The number of hydrogen-bond acceptors (Lipinski definition) is 4. The number of nitrogens with one attached hydrogen (secondary N) is 1. The zero-order valence-electron chi connectivity index (χ0n) is 21.0. The van der Waals surface area contributed by atoms with Crippen LogP contribution in [0.3, 0.4) is 0 Å². The molecule has 31 heavy (non-hydrogen) atoms. The lowest BCUT2D eigenvalue weighted by Gasteiger charge is -1.96. The maximum atomic E-state index is 4.09. The number of aryl methyl sites for hydroxylation is 4. The fraction of sp³-hybridized carbons (Fsp3) is 0.440. The zero-order chi connectivity index (χ0) is 24.0. The Balaban J connectivity index is 0.000000439. The molecule has 168 valence electrons. The third-order valence-corrected chi connectivity index (χ3v) is 4.67. The van der Waals surface area contributed by atoms with Gasteiger partial charge in [0, 0.05) is 18.4 Å². The van der Waals surface area contributed by atoms with Crippen molar-refractivity contribution in [3.05, 3.63) is 47.0 Å². The molecule has 0 atom stereocenters. The van der Waals surface area contributed by atoms with E-state index in [4.69, 9.17) is 0 Å². The summed E-state index contributed by atoms with van der Waals surface area (Å²) in [4.78, 5) is 3.22. The molecule has 6 heteroatoms. The molecule has 0 radical (unpaired) electrons. The Morgan fingerprint density at radius 2 is 1.29 bits per heavy atom. The topological polar surface area (TPSA) is 72.3 Å². The van der Waals surface area contributed by atoms with Crippen molar-refractivity contribution in [2.75, 3.05) is 0 Å². The largest absolute Gasteiger partial charge is 0.357 e. The predicted octanol–water partition coefficient (Wildman–Crippen LogP) is 6.24. The average Bonchev–Trinajstić information content (AvgIpc) is 3.25. The van der Waals surface area contributed by atoms with Gasteiger partial charge in [-0.05, 0) is 64.8 Å². The standard InChI is InChI=1S/C9H11N3.C8H9N3.C4H6.2C2H6/c1-6-7(2)12(3)8-4-5-10-11-9(6)8;1-5-6(2)10-7-3-4-9-11-8(5)7;1-3-4-2;2*1-2/h4-5H,1-3H3;3-4,10H,1-2H3;1-2H3;2*1-2H3. The first-order chi connectivity index (χ1) is 14.9. The fourth-order valence-corrected chi connectivity index (χ4v) is 2.65. The smallest absolute Gasteiger partial charge is 0.114 e. The fourth-order valence-electron chi connectivity index (χ4n) is 2.65. The molecule has 0 aliphatic carbocycles. The summed E-state index contributed by atoms with van der Waals surface area (Å²) in [6.45, 7) is 19.9. The molecule has 1 N–H and O–H groups in total. The van der Waals surface area contributed by atoms with Gasteiger partial charge in [0.1, 0.15) is 11.0 Å². The maximum Gasteiger partial charge on any atom is 0.114 e. The number of aromatic amines is 1. The van der Waals surface area contributed by atoms with Crippen LogP contribution in [0.2, 0.25) is 0 Å². The van der Waals surface area contributed by atoms with E-state index in [-0.39, 0.29) is 0 Å². The lowest BCUT2D eigenvalue weighted by molar-refractivity contribution is 0.909. The molecular formula is C25H38N6. The van der Waals surface area contributed by atoms with E-state index in [2.05, 4.69) is 55.6 Å². The van der Waals surface area contributed by atoms with E-state index in [1.165, 1.54) is 22.5 Å². The Morgan fingerprint density at radius 3 is 1.77 bits per heavy atom. The van der Waals surface area contributed by atoms with E-state index in [9.17, 15) is 0 Å². The Hall–Kier alpha value is -3.20. The lowest BCUT2D eigenvalue weighted by Crippen LogP contribution is -1.90. The number of rotatable bonds is 0. The van der Waals surface area contributed by atoms with E-state index < -0.39 is 0 Å². The van der Waals surface area contributed by atoms with Gasteiger partial charge in [-0.1, -0.05) is 27.7 Å². The molecule has 0 saturated carbocycles. The summed E-state index contributed by atoms with van der Waals surface area (Å²) in [5, 5.41) is 15.8. The highest BCUT2D eigenvalue weighted by Gasteiger charge is 2.08. The number of aromatic nitrogens is 6. The Morgan fingerprint density at radius 1 is 0.774 bits per heavy atom. The quantitative estimate of drug-likeness (QED) is 0.340. The van der Waals surface area contributed by atoms with Gasteiger partial charge >= 0.3 is 0 Å². The second kappa shape index (κ2) is 14.7. The van der Waals surface area contributed by atoms with Gasteiger partial charge in [0.15, 0.2) is 0 Å². The van der Waals surface area contributed by atoms with Crippen LogP contribution in [-0.4, -0.2) is 29.9 Å². The van der Waals surface area contributed by atoms with Crippen molar-refractivity contribution >= 4 is 22.1 Å². The number of nitrogens with zero attached hydrogens (tertiary/aromatic N) is 5. The van der Waals surface area contributed by atoms with Crippen LogP contribution in [0, 0.1) is 39.5 Å². The van der Waals surface area contributed by atoms with Crippen LogP contribution < -0.4 is 0 Å². The number of fused-ring (bicyclic) bond motifs is 2. The molecule has 6 nitrogen and oxygen atoms in total. The van der Waals surface area contributed by atoms with Crippen LogP contribution in [0.15, 0.2) is 24.5 Å². The van der Waals surface area contributed by atoms with Gasteiger partial charge in [0.25, 0.3) is 0 Å². The van der Waals surface area contributed by atoms with Crippen molar-refractivity contribution in [1.82, 2.24) is 29.9 Å². The predicted molar refractivity (Wildman–Crippen MR) is 133 cm³/mol. The highest BCUT2D eigenvalue weighted by Crippen LogP contribution is 2.20. The van der Waals surface area contributed by atoms with Crippen molar-refractivity contribution in [2.24, 2.45) is 7.05 Å². The summed E-state index contributed by atoms with van der Waals surface area (Å²) in [6, 6.07) is 3.92. The number of hydrogen-bond donors (Lipinski definition) is 1. The second-order valence-electron chi connectivity index (χ2n) is 6.20. The van der Waals surface area contributed by atoms with Gasteiger partial charge in [0.05, 0.1) is 23.4 Å². The number of H-pyrrole nitrogens is 1. The first kappa shape index (κ1) is 27.8. The Labute approximate surface area is 187 Å². The molecule has 4 aromatic rings. The monoisotopic (exact) mass is 422 g/mol. The first-order valence-corrected chi connectivity index (χ1v) is 10.8. The third-order valence-electron chi connectivity index (χ3n) is 4.67. The van der Waals surface area contributed by atoms with Crippen LogP contribution in [0.25, 0.3) is 22.1 Å². The summed E-state index contributed by atoms with van der Waals surface area (Å²) in [5.74, 6) is 5.36. The molecule has 0 aliphatic rings. The second-order valence-corrected chi connectivity index (χ2v) is 6.20. The minimum absolute atomic E-state index is 0.977. The van der Waals surface area contributed by atoms with Crippen molar-refractivity contribution < 1.29 is 0 Å². The van der Waals surface area contributed by atoms with Gasteiger partial charge in [-0.25, -0.2) is 0 Å². The molecule has 4 rings (SSSR count). The molecule has 0 amide bonds. The zero-order valence-corrected chi connectivity index (χ0v) is 21.0. The molecule has 0 unspecified atom stereocenters. The highest BCUT2D eigenvalue weighted by atomic mass is 15.1. The van der Waals surface area contributed by atoms with E-state index in [1.807, 2.05) is 74.6 Å². The lowest BCUT2D eigenvalue weighted by atomic mass is 10.2. The van der Waals surface area contributed by atoms with Crippen molar-refractivity contribution in [3.63, 3.8) is 0 Å². The van der Waals surface area contributed by atoms with Crippen LogP contribution >= 0.6 is 0 Å². The van der Waals surface area contributed by atoms with Crippen LogP contribution in [0.1, 0.15) is 64.1 Å². The molecule has 4 aromatic heterocycles. The van der Waals surface area contributed by atoms with E-state index in [0.29, 0.717) is 0 Å².